The molecule has 5 nitrogen and oxygen atoms in total. The lowest BCUT2D eigenvalue weighted by molar-refractivity contribution is -0.274. The van der Waals surface area contributed by atoms with Gasteiger partial charge in [-0.25, -0.2) is 8.42 Å². The summed E-state index contributed by atoms with van der Waals surface area (Å²) in [5.41, 5.74) is 2.89. The first-order valence-corrected chi connectivity index (χ1v) is 9.62. The molecule has 1 aliphatic heterocycles. The lowest BCUT2D eigenvalue weighted by Gasteiger charge is -2.26. The van der Waals surface area contributed by atoms with Crippen LogP contribution in [0.3, 0.4) is 0 Å². The smallest absolute Gasteiger partial charge is 0.406 e. The molecule has 2 heterocycles. The highest BCUT2D eigenvalue weighted by molar-refractivity contribution is 7.89. The van der Waals surface area contributed by atoms with Gasteiger partial charge in [0.25, 0.3) is 0 Å². The minimum Gasteiger partial charge on any atom is -0.406 e. The summed E-state index contributed by atoms with van der Waals surface area (Å²) in [5.74, 6) is -0.460. The number of nitrogens with one attached hydrogen (secondary N) is 1. The second-order valence-corrected chi connectivity index (χ2v) is 8.17. The summed E-state index contributed by atoms with van der Waals surface area (Å²) in [6.45, 7) is 0.491. The van der Waals surface area contributed by atoms with E-state index in [0.717, 1.165) is 46.4 Å². The van der Waals surface area contributed by atoms with Crippen LogP contribution in [-0.4, -0.2) is 30.6 Å². The van der Waals surface area contributed by atoms with Gasteiger partial charge >= 0.3 is 6.36 Å². The predicted molar refractivity (Wildman–Crippen MR) is 92.7 cm³/mol. The molecular formula is C18H15F3N2O3S. The second kappa shape index (κ2) is 6.28. The summed E-state index contributed by atoms with van der Waals surface area (Å²) in [5, 5.41) is 1.08. The van der Waals surface area contributed by atoms with E-state index in [4.69, 9.17) is 0 Å². The third-order valence-electron chi connectivity index (χ3n) is 4.54. The van der Waals surface area contributed by atoms with Gasteiger partial charge in [-0.3, -0.25) is 0 Å². The molecule has 0 fully saturated rings. The number of benzene rings is 2. The maximum absolute atomic E-state index is 12.9. The van der Waals surface area contributed by atoms with Crippen LogP contribution in [0.1, 0.15) is 11.3 Å². The van der Waals surface area contributed by atoms with Crippen LogP contribution in [0.4, 0.5) is 13.2 Å². The summed E-state index contributed by atoms with van der Waals surface area (Å²) in [6, 6.07) is 12.0. The van der Waals surface area contributed by atoms with E-state index in [1.165, 1.54) is 4.31 Å². The normalized spacial score (nSPS) is 15.7. The molecule has 0 atom stereocenters. The molecule has 1 aromatic heterocycles. The average molecular weight is 396 g/mol. The highest BCUT2D eigenvalue weighted by Crippen LogP contribution is 2.31. The van der Waals surface area contributed by atoms with Crippen molar-refractivity contribution >= 4 is 20.9 Å². The van der Waals surface area contributed by atoms with Gasteiger partial charge < -0.3 is 9.72 Å². The van der Waals surface area contributed by atoms with Crippen LogP contribution in [0.25, 0.3) is 10.9 Å². The molecule has 0 amide bonds. The lowest BCUT2D eigenvalue weighted by Crippen LogP contribution is -2.35. The van der Waals surface area contributed by atoms with E-state index in [2.05, 4.69) is 9.72 Å². The van der Waals surface area contributed by atoms with Crippen LogP contribution in [-0.2, 0) is 23.0 Å². The zero-order chi connectivity index (χ0) is 19.2. The van der Waals surface area contributed by atoms with Gasteiger partial charge in [-0.05, 0) is 42.3 Å². The number of fused-ring (bicyclic) bond motifs is 3. The Labute approximate surface area is 153 Å². The highest BCUT2D eigenvalue weighted by atomic mass is 32.2. The Morgan fingerprint density at radius 1 is 1.04 bits per heavy atom. The monoisotopic (exact) mass is 396 g/mol. The van der Waals surface area contributed by atoms with Gasteiger partial charge in [0.05, 0.1) is 11.4 Å². The first kappa shape index (κ1) is 17.9. The van der Waals surface area contributed by atoms with Crippen molar-refractivity contribution in [3.8, 4) is 5.75 Å². The average Bonchev–Trinajstić information content (AvgIpc) is 2.98. The van der Waals surface area contributed by atoms with Crippen LogP contribution in [0, 0.1) is 0 Å². The molecule has 9 heteroatoms. The molecule has 0 bridgehead atoms. The van der Waals surface area contributed by atoms with Gasteiger partial charge in [0.15, 0.2) is 0 Å². The van der Waals surface area contributed by atoms with Gasteiger partial charge in [0, 0.05) is 23.1 Å². The van der Waals surface area contributed by atoms with Crippen LogP contribution in [0.5, 0.6) is 5.75 Å². The maximum atomic E-state index is 12.9. The largest absolute Gasteiger partial charge is 0.573 e. The maximum Gasteiger partial charge on any atom is 0.573 e. The number of sulfonamides is 1. The SMILES string of the molecule is O=S(=O)(c1ccc(OC(F)(F)F)cc1)N1CCc2c([nH]c3ccccc23)C1. The van der Waals surface area contributed by atoms with E-state index >= 15 is 0 Å². The van der Waals surface area contributed by atoms with Crippen molar-refractivity contribution in [2.75, 3.05) is 6.54 Å². The van der Waals surface area contributed by atoms with Crippen LogP contribution >= 0.6 is 0 Å². The van der Waals surface area contributed by atoms with E-state index in [9.17, 15) is 21.6 Å². The fraction of sp³-hybridized carbons (Fsp3) is 0.222. The number of rotatable bonds is 3. The zero-order valence-electron chi connectivity index (χ0n) is 14.0. The fourth-order valence-corrected chi connectivity index (χ4v) is 4.74. The molecule has 0 saturated heterocycles. The quantitative estimate of drug-likeness (QED) is 0.732. The number of H-pyrrole nitrogens is 1. The first-order chi connectivity index (χ1) is 12.7. The molecule has 4 rings (SSSR count). The summed E-state index contributed by atoms with van der Waals surface area (Å²) < 4.78 is 67.6. The Hall–Kier alpha value is -2.52. The van der Waals surface area contributed by atoms with Crippen LogP contribution in [0.15, 0.2) is 53.4 Å². The van der Waals surface area contributed by atoms with Gasteiger partial charge in [-0.2, -0.15) is 4.31 Å². The minimum atomic E-state index is -4.82. The summed E-state index contributed by atoms with van der Waals surface area (Å²) >= 11 is 0. The number of nitrogens with zero attached hydrogens (tertiary/aromatic N) is 1. The van der Waals surface area contributed by atoms with E-state index in [0.29, 0.717) is 13.0 Å². The van der Waals surface area contributed by atoms with Crippen LogP contribution in [0.2, 0.25) is 0 Å². The van der Waals surface area contributed by atoms with Crippen molar-refractivity contribution < 1.29 is 26.3 Å². The Bertz CT molecular complexity index is 1090. The first-order valence-electron chi connectivity index (χ1n) is 8.18. The third kappa shape index (κ3) is 3.40. The van der Waals surface area contributed by atoms with Crippen molar-refractivity contribution in [3.63, 3.8) is 0 Å². The molecule has 0 unspecified atom stereocenters. The Balaban J connectivity index is 1.59. The number of para-hydroxylation sites is 1. The van der Waals surface area contributed by atoms with Gasteiger partial charge in [-0.15, -0.1) is 13.2 Å². The van der Waals surface area contributed by atoms with E-state index in [1.54, 1.807) is 0 Å². The number of halogens is 3. The minimum absolute atomic E-state index is 0.0726. The number of alkyl halides is 3. The van der Waals surface area contributed by atoms with E-state index < -0.39 is 22.1 Å². The molecule has 0 radical (unpaired) electrons. The fourth-order valence-electron chi connectivity index (χ4n) is 3.34. The van der Waals surface area contributed by atoms with Crippen molar-refractivity contribution in [1.29, 1.82) is 0 Å². The molecule has 0 saturated carbocycles. The van der Waals surface area contributed by atoms with E-state index in [-0.39, 0.29) is 11.4 Å². The highest BCUT2D eigenvalue weighted by Gasteiger charge is 2.32. The van der Waals surface area contributed by atoms with E-state index in [1.807, 2.05) is 24.3 Å². The summed E-state index contributed by atoms with van der Waals surface area (Å²) in [7, 11) is -3.83. The van der Waals surface area contributed by atoms with Gasteiger partial charge in [0.1, 0.15) is 5.75 Å². The molecule has 0 spiro atoms. The summed E-state index contributed by atoms with van der Waals surface area (Å²) in [4.78, 5) is 3.18. The Morgan fingerprint density at radius 2 is 1.74 bits per heavy atom. The standard InChI is InChI=1S/C18H15F3N2O3S/c19-18(20,21)26-12-5-7-13(8-6-12)27(24,25)23-10-9-15-14-3-1-2-4-16(14)22-17(15)11-23/h1-8,22H,9-11H2. The zero-order valence-corrected chi connectivity index (χ0v) is 14.8. The predicted octanol–water partition coefficient (Wildman–Crippen LogP) is 3.81. The Morgan fingerprint density at radius 3 is 2.44 bits per heavy atom. The van der Waals surface area contributed by atoms with Gasteiger partial charge in [-0.1, -0.05) is 18.2 Å². The number of aromatic amines is 1. The number of aromatic nitrogens is 1. The topological polar surface area (TPSA) is 62.4 Å². The third-order valence-corrected chi connectivity index (χ3v) is 6.40. The molecule has 1 N–H and O–H groups in total. The van der Waals surface area contributed by atoms with Crippen LogP contribution < -0.4 is 4.74 Å². The number of hydrogen-bond donors (Lipinski definition) is 1. The second-order valence-electron chi connectivity index (χ2n) is 6.24. The molecule has 1 aliphatic rings. The molecule has 0 aliphatic carbocycles. The van der Waals surface area contributed by atoms with Crippen molar-refractivity contribution in [2.24, 2.45) is 0 Å². The molecule has 142 valence electrons. The lowest BCUT2D eigenvalue weighted by atomic mass is 10.1. The van der Waals surface area contributed by atoms with Crippen molar-refractivity contribution in [1.82, 2.24) is 9.29 Å². The Kier molecular flexibility index (Phi) is 4.15. The molecule has 27 heavy (non-hydrogen) atoms. The van der Waals surface area contributed by atoms with Crippen molar-refractivity contribution in [2.45, 2.75) is 24.2 Å². The molecule has 3 aromatic rings. The van der Waals surface area contributed by atoms with Gasteiger partial charge in [0.2, 0.25) is 10.0 Å². The molecule has 2 aromatic carbocycles. The molecular weight excluding hydrogens is 381 g/mol. The number of hydrogen-bond acceptors (Lipinski definition) is 3. The number of ether oxygens (including phenoxy) is 1. The van der Waals surface area contributed by atoms with Crippen molar-refractivity contribution in [3.05, 3.63) is 59.8 Å². The summed E-state index contributed by atoms with van der Waals surface area (Å²) in [6.07, 6.45) is -4.26.